The van der Waals surface area contributed by atoms with Crippen LogP contribution in [0.2, 0.25) is 10.0 Å². The summed E-state index contributed by atoms with van der Waals surface area (Å²) >= 11 is 11.9. The van der Waals surface area contributed by atoms with E-state index in [9.17, 15) is 19.5 Å². The molecule has 2 amide bonds. The quantitative estimate of drug-likeness (QED) is 0.396. The van der Waals surface area contributed by atoms with Crippen molar-refractivity contribution in [3.05, 3.63) is 27.7 Å². The van der Waals surface area contributed by atoms with E-state index in [1.54, 1.807) is 0 Å². The van der Waals surface area contributed by atoms with Gasteiger partial charge in [-0.15, -0.1) is 0 Å². The maximum absolute atomic E-state index is 11.5. The van der Waals surface area contributed by atoms with E-state index in [0.717, 1.165) is 0 Å². The monoisotopic (exact) mass is 388 g/mol. The number of rotatable bonds is 7. The molecule has 1 aromatic rings. The molecule has 0 aliphatic heterocycles. The highest BCUT2D eigenvalue weighted by Crippen LogP contribution is 2.33. The maximum Gasteiger partial charge on any atom is 0.329 e. The maximum atomic E-state index is 11.5. The first-order chi connectivity index (χ1) is 11.7. The molecule has 10 heteroatoms. The number of hydrogen-bond acceptors (Lipinski definition) is 6. The molecule has 0 fully saturated rings. The van der Waals surface area contributed by atoms with Crippen molar-refractivity contribution in [3.63, 3.8) is 0 Å². The minimum absolute atomic E-state index is 0.0122. The predicted octanol–water partition coefficient (Wildman–Crippen LogP) is 0.344. The third-order valence-electron chi connectivity index (χ3n) is 2.61. The van der Waals surface area contributed by atoms with Crippen molar-refractivity contribution in [2.45, 2.75) is 13.8 Å². The fraction of sp³-hybridized carbons (Fsp3) is 0.333. The van der Waals surface area contributed by atoms with Crippen LogP contribution in [0.4, 0.5) is 0 Å². The summed E-state index contributed by atoms with van der Waals surface area (Å²) in [5, 5.41) is 16.6. The SMILES string of the molecule is CC(C)CNC(=O)C(=O)N/N=C\c1cc(Cl)c(OCC(=O)[O-])c(Cl)c1. The summed E-state index contributed by atoms with van der Waals surface area (Å²) in [6, 6.07) is 2.79. The molecule has 2 N–H and O–H groups in total. The number of carbonyl (C=O) groups is 3. The van der Waals surface area contributed by atoms with Gasteiger partial charge in [-0.2, -0.15) is 5.10 Å². The first-order valence-corrected chi connectivity index (χ1v) is 7.89. The van der Waals surface area contributed by atoms with Crippen molar-refractivity contribution in [2.24, 2.45) is 11.0 Å². The van der Waals surface area contributed by atoms with E-state index >= 15 is 0 Å². The summed E-state index contributed by atoms with van der Waals surface area (Å²) in [6.45, 7) is 3.46. The molecule has 0 bridgehead atoms. The zero-order valence-electron chi connectivity index (χ0n) is 13.5. The first-order valence-electron chi connectivity index (χ1n) is 7.13. The van der Waals surface area contributed by atoms with Gasteiger partial charge in [0.2, 0.25) is 0 Å². The number of nitrogens with one attached hydrogen (secondary N) is 2. The second kappa shape index (κ2) is 9.85. The molecule has 0 unspecified atom stereocenters. The number of benzene rings is 1. The van der Waals surface area contributed by atoms with Gasteiger partial charge in [-0.1, -0.05) is 37.0 Å². The lowest BCUT2D eigenvalue weighted by molar-refractivity contribution is -0.307. The van der Waals surface area contributed by atoms with Gasteiger partial charge in [-0.05, 0) is 23.6 Å². The van der Waals surface area contributed by atoms with Gasteiger partial charge in [0.15, 0.2) is 5.75 Å². The summed E-state index contributed by atoms with van der Waals surface area (Å²) < 4.78 is 4.91. The van der Waals surface area contributed by atoms with Crippen LogP contribution in [0, 0.1) is 5.92 Å². The molecule has 0 aliphatic rings. The molecule has 8 nitrogen and oxygen atoms in total. The van der Waals surface area contributed by atoms with Crippen molar-refractivity contribution in [1.82, 2.24) is 10.7 Å². The summed E-state index contributed by atoms with van der Waals surface area (Å²) in [7, 11) is 0. The fourth-order valence-electron chi connectivity index (χ4n) is 1.52. The number of nitrogens with zero attached hydrogens (tertiary/aromatic N) is 1. The van der Waals surface area contributed by atoms with Crippen LogP contribution in [0.15, 0.2) is 17.2 Å². The second-order valence-electron chi connectivity index (χ2n) is 5.28. The average Bonchev–Trinajstić information content (AvgIpc) is 2.51. The van der Waals surface area contributed by atoms with Gasteiger partial charge in [0.25, 0.3) is 0 Å². The first kappa shape index (κ1) is 20.7. The topological polar surface area (TPSA) is 120 Å². The van der Waals surface area contributed by atoms with Gasteiger partial charge in [-0.3, -0.25) is 9.59 Å². The number of carbonyl (C=O) groups excluding carboxylic acids is 3. The Morgan fingerprint density at radius 3 is 2.36 bits per heavy atom. The zero-order valence-corrected chi connectivity index (χ0v) is 15.0. The number of aliphatic carboxylic acids is 1. The molecule has 136 valence electrons. The van der Waals surface area contributed by atoms with Gasteiger partial charge >= 0.3 is 11.8 Å². The van der Waals surface area contributed by atoms with Gasteiger partial charge in [-0.25, -0.2) is 5.43 Å². The minimum Gasteiger partial charge on any atom is -0.546 e. The number of halogens is 2. The zero-order chi connectivity index (χ0) is 19.0. The molecule has 0 atom stereocenters. The normalized spacial score (nSPS) is 10.8. The molecule has 0 aromatic heterocycles. The van der Waals surface area contributed by atoms with Crippen LogP contribution >= 0.6 is 23.2 Å². The van der Waals surface area contributed by atoms with Crippen molar-refractivity contribution >= 4 is 47.2 Å². The van der Waals surface area contributed by atoms with Gasteiger partial charge in [0.05, 0.1) is 22.2 Å². The lowest BCUT2D eigenvalue weighted by atomic mass is 10.2. The lowest BCUT2D eigenvalue weighted by Crippen LogP contribution is -2.39. The van der Waals surface area contributed by atoms with Crippen LogP contribution in [-0.2, 0) is 14.4 Å². The Morgan fingerprint density at radius 2 is 1.84 bits per heavy atom. The summed E-state index contributed by atoms with van der Waals surface area (Å²) in [5.41, 5.74) is 2.46. The van der Waals surface area contributed by atoms with E-state index in [1.165, 1.54) is 18.3 Å². The number of carboxylic acids is 1. The number of ether oxygens (including phenoxy) is 1. The van der Waals surface area contributed by atoms with Crippen LogP contribution in [0.1, 0.15) is 19.4 Å². The molecule has 1 rings (SSSR count). The Balaban J connectivity index is 2.67. The Bertz CT molecular complexity index is 669. The Morgan fingerprint density at radius 1 is 1.24 bits per heavy atom. The Labute approximate surface area is 154 Å². The van der Waals surface area contributed by atoms with E-state index in [4.69, 9.17) is 27.9 Å². The van der Waals surface area contributed by atoms with Crippen molar-refractivity contribution in [1.29, 1.82) is 0 Å². The van der Waals surface area contributed by atoms with Crippen LogP contribution in [-0.4, -0.2) is 37.1 Å². The third-order valence-corrected chi connectivity index (χ3v) is 3.17. The Kier molecular flexibility index (Phi) is 8.17. The average molecular weight is 389 g/mol. The van der Waals surface area contributed by atoms with Crippen molar-refractivity contribution in [3.8, 4) is 5.75 Å². The number of hydrazone groups is 1. The van der Waals surface area contributed by atoms with E-state index in [0.29, 0.717) is 12.1 Å². The van der Waals surface area contributed by atoms with Gasteiger partial charge in [0.1, 0.15) is 6.61 Å². The molecule has 0 heterocycles. The smallest absolute Gasteiger partial charge is 0.329 e. The Hall–Kier alpha value is -2.32. The predicted molar refractivity (Wildman–Crippen MR) is 90.5 cm³/mol. The fourth-order valence-corrected chi connectivity index (χ4v) is 2.13. The summed E-state index contributed by atoms with van der Waals surface area (Å²) in [6.07, 6.45) is 1.22. The molecule has 0 aliphatic carbocycles. The number of amides is 2. The number of hydrogen-bond donors (Lipinski definition) is 2. The molecule has 25 heavy (non-hydrogen) atoms. The molecular formula is C15H16Cl2N3O5-. The highest BCUT2D eigenvalue weighted by Gasteiger charge is 2.12. The lowest BCUT2D eigenvalue weighted by Gasteiger charge is -2.11. The summed E-state index contributed by atoms with van der Waals surface area (Å²) in [4.78, 5) is 33.4. The van der Waals surface area contributed by atoms with Crippen LogP contribution < -0.4 is 20.6 Å². The molecule has 0 saturated carbocycles. The van der Waals surface area contributed by atoms with Crippen molar-refractivity contribution < 1.29 is 24.2 Å². The largest absolute Gasteiger partial charge is 0.546 e. The summed E-state index contributed by atoms with van der Waals surface area (Å²) in [5.74, 6) is -2.93. The van der Waals surface area contributed by atoms with Gasteiger partial charge < -0.3 is 20.0 Å². The van der Waals surface area contributed by atoms with E-state index < -0.39 is 24.4 Å². The molecule has 1 aromatic carbocycles. The van der Waals surface area contributed by atoms with Crippen molar-refractivity contribution in [2.75, 3.05) is 13.2 Å². The van der Waals surface area contributed by atoms with Crippen LogP contribution in [0.25, 0.3) is 0 Å². The second-order valence-corrected chi connectivity index (χ2v) is 6.09. The standard InChI is InChI=1S/C15H17Cl2N3O5/c1-8(2)5-18-14(23)15(24)20-19-6-9-3-10(16)13(11(17)4-9)25-7-12(21)22/h3-4,6,8H,5,7H2,1-2H3,(H,18,23)(H,20,24)(H,21,22)/p-1/b19-6-. The highest BCUT2D eigenvalue weighted by molar-refractivity contribution is 6.37. The highest BCUT2D eigenvalue weighted by atomic mass is 35.5. The van der Waals surface area contributed by atoms with Crippen LogP contribution in [0.3, 0.4) is 0 Å². The molecule has 0 saturated heterocycles. The van der Waals surface area contributed by atoms with E-state index in [2.05, 4.69) is 15.8 Å². The number of carboxylic acid groups (broad SMARTS) is 1. The van der Waals surface area contributed by atoms with E-state index in [-0.39, 0.29) is 21.7 Å². The third kappa shape index (κ3) is 7.40. The molecular weight excluding hydrogens is 373 g/mol. The minimum atomic E-state index is -1.42. The molecule has 0 radical (unpaired) electrons. The van der Waals surface area contributed by atoms with Gasteiger partial charge in [0, 0.05) is 6.54 Å². The van der Waals surface area contributed by atoms with E-state index in [1.807, 2.05) is 13.8 Å². The van der Waals surface area contributed by atoms with Crippen LogP contribution in [0.5, 0.6) is 5.75 Å². The molecule has 0 spiro atoms.